The molecule has 2 aromatic rings. The van der Waals surface area contributed by atoms with Gasteiger partial charge in [-0.3, -0.25) is 15.0 Å². The van der Waals surface area contributed by atoms with E-state index in [1.165, 1.54) is 5.56 Å². The van der Waals surface area contributed by atoms with Crippen LogP contribution in [-0.2, 0) is 6.54 Å². The number of rotatable bonds is 3. The van der Waals surface area contributed by atoms with Crippen LogP contribution in [0.25, 0.3) is 0 Å². The van der Waals surface area contributed by atoms with Crippen molar-refractivity contribution in [2.45, 2.75) is 19.0 Å². The second-order valence-electron chi connectivity index (χ2n) is 5.10. The molecule has 0 amide bonds. The summed E-state index contributed by atoms with van der Waals surface area (Å²) in [6, 6.07) is 21.7. The van der Waals surface area contributed by atoms with E-state index in [1.54, 1.807) is 0 Å². The number of hydrogen-bond donors (Lipinski definition) is 0. The molecule has 2 aromatic carbocycles. The van der Waals surface area contributed by atoms with Gasteiger partial charge >= 0.3 is 0 Å². The second-order valence-corrected chi connectivity index (χ2v) is 5.10. The van der Waals surface area contributed by atoms with Crippen molar-refractivity contribution in [2.75, 3.05) is 13.1 Å². The maximum atomic E-state index is 10.6. The standard InChI is InChI=1S/C11H14N2O2.C6H6/c14-13(15)11-6-7-12(9-11)8-10-4-2-1-3-5-10;1-2-4-6-5-3-1/h1-5,11H,6-9H2;1-6H. The smallest absolute Gasteiger partial charge is 0.226 e. The lowest BCUT2D eigenvalue weighted by Crippen LogP contribution is -2.25. The minimum absolute atomic E-state index is 0.162. The van der Waals surface area contributed by atoms with Gasteiger partial charge in [-0.2, -0.15) is 0 Å². The maximum Gasteiger partial charge on any atom is 0.226 e. The van der Waals surface area contributed by atoms with Crippen LogP contribution >= 0.6 is 0 Å². The van der Waals surface area contributed by atoms with E-state index in [-0.39, 0.29) is 11.0 Å². The highest BCUT2D eigenvalue weighted by Crippen LogP contribution is 2.14. The van der Waals surface area contributed by atoms with Crippen molar-refractivity contribution in [3.63, 3.8) is 0 Å². The highest BCUT2D eigenvalue weighted by atomic mass is 16.6. The molecule has 4 nitrogen and oxygen atoms in total. The van der Waals surface area contributed by atoms with E-state index in [9.17, 15) is 10.1 Å². The average Bonchev–Trinajstić information content (AvgIpc) is 2.99. The van der Waals surface area contributed by atoms with Gasteiger partial charge in [-0.05, 0) is 5.56 Å². The monoisotopic (exact) mass is 284 g/mol. The first-order valence-corrected chi connectivity index (χ1v) is 7.15. The van der Waals surface area contributed by atoms with Crippen LogP contribution in [0.15, 0.2) is 66.7 Å². The molecule has 0 radical (unpaired) electrons. The van der Waals surface area contributed by atoms with E-state index >= 15 is 0 Å². The number of likely N-dealkylation sites (tertiary alicyclic amines) is 1. The van der Waals surface area contributed by atoms with Gasteiger partial charge in [0.2, 0.25) is 6.04 Å². The summed E-state index contributed by atoms with van der Waals surface area (Å²) in [5.41, 5.74) is 1.22. The Labute approximate surface area is 125 Å². The molecular weight excluding hydrogens is 264 g/mol. The van der Waals surface area contributed by atoms with Gasteiger partial charge in [-0.25, -0.2) is 0 Å². The Balaban J connectivity index is 0.000000225. The van der Waals surface area contributed by atoms with Crippen molar-refractivity contribution < 1.29 is 4.92 Å². The summed E-state index contributed by atoms with van der Waals surface area (Å²) in [5, 5.41) is 10.6. The Kier molecular flexibility index (Phi) is 5.91. The van der Waals surface area contributed by atoms with Crippen molar-refractivity contribution in [1.82, 2.24) is 4.90 Å². The summed E-state index contributed by atoms with van der Waals surface area (Å²) in [6.45, 7) is 2.24. The fraction of sp³-hybridized carbons (Fsp3) is 0.294. The summed E-state index contributed by atoms with van der Waals surface area (Å²) in [6.07, 6.45) is 0.680. The molecule has 1 heterocycles. The first-order valence-electron chi connectivity index (χ1n) is 7.15. The third-order valence-corrected chi connectivity index (χ3v) is 3.46. The van der Waals surface area contributed by atoms with Crippen LogP contribution in [0.3, 0.4) is 0 Å². The van der Waals surface area contributed by atoms with E-state index in [2.05, 4.69) is 17.0 Å². The molecular formula is C17H20N2O2. The highest BCUT2D eigenvalue weighted by molar-refractivity contribution is 5.14. The SMILES string of the molecule is O=[N+]([O-])C1CCN(Cc2ccccc2)C1.c1ccccc1. The minimum Gasteiger partial charge on any atom is -0.292 e. The van der Waals surface area contributed by atoms with Crippen LogP contribution < -0.4 is 0 Å². The Morgan fingerprint density at radius 1 is 1.00 bits per heavy atom. The zero-order valence-corrected chi connectivity index (χ0v) is 12.0. The van der Waals surface area contributed by atoms with Crippen molar-refractivity contribution in [2.24, 2.45) is 0 Å². The fourth-order valence-corrected chi connectivity index (χ4v) is 2.35. The quantitative estimate of drug-likeness (QED) is 0.642. The van der Waals surface area contributed by atoms with E-state index < -0.39 is 0 Å². The van der Waals surface area contributed by atoms with E-state index in [0.717, 1.165) is 13.1 Å². The molecule has 3 rings (SSSR count). The van der Waals surface area contributed by atoms with Gasteiger partial charge in [0.05, 0.1) is 6.54 Å². The molecule has 4 heteroatoms. The lowest BCUT2D eigenvalue weighted by atomic mass is 10.2. The number of benzene rings is 2. The minimum atomic E-state index is -0.367. The predicted octanol–water partition coefficient (Wildman–Crippen LogP) is 3.22. The third kappa shape index (κ3) is 5.36. The molecule has 1 fully saturated rings. The van der Waals surface area contributed by atoms with Crippen molar-refractivity contribution in [3.8, 4) is 0 Å². The molecule has 1 aliphatic rings. The molecule has 21 heavy (non-hydrogen) atoms. The summed E-state index contributed by atoms with van der Waals surface area (Å²) in [5.74, 6) is 0. The summed E-state index contributed by atoms with van der Waals surface area (Å²) in [4.78, 5) is 12.6. The van der Waals surface area contributed by atoms with Crippen LogP contribution in [0.2, 0.25) is 0 Å². The molecule has 0 aliphatic carbocycles. The molecule has 0 bridgehead atoms. The third-order valence-electron chi connectivity index (χ3n) is 3.46. The molecule has 0 aromatic heterocycles. The van der Waals surface area contributed by atoms with Crippen molar-refractivity contribution >= 4 is 0 Å². The maximum absolute atomic E-state index is 10.6. The van der Waals surface area contributed by atoms with Gasteiger partial charge in [0.1, 0.15) is 0 Å². The Morgan fingerprint density at radius 3 is 2.00 bits per heavy atom. The van der Waals surface area contributed by atoms with Crippen LogP contribution in [0.1, 0.15) is 12.0 Å². The van der Waals surface area contributed by atoms with Gasteiger partial charge < -0.3 is 0 Å². The zero-order valence-electron chi connectivity index (χ0n) is 12.0. The molecule has 0 saturated carbocycles. The summed E-state index contributed by atoms with van der Waals surface area (Å²) >= 11 is 0. The number of hydrogen-bond acceptors (Lipinski definition) is 3. The van der Waals surface area contributed by atoms with Crippen molar-refractivity contribution in [1.29, 1.82) is 0 Å². The largest absolute Gasteiger partial charge is 0.292 e. The second kappa shape index (κ2) is 8.17. The van der Waals surface area contributed by atoms with Gasteiger partial charge in [-0.1, -0.05) is 66.7 Å². The average molecular weight is 284 g/mol. The molecule has 1 aliphatic heterocycles. The van der Waals surface area contributed by atoms with Crippen LogP contribution in [0.4, 0.5) is 0 Å². The van der Waals surface area contributed by atoms with Crippen LogP contribution in [-0.4, -0.2) is 29.0 Å². The Morgan fingerprint density at radius 2 is 1.52 bits per heavy atom. The van der Waals surface area contributed by atoms with E-state index in [1.807, 2.05) is 54.6 Å². The molecule has 1 unspecified atom stereocenters. The van der Waals surface area contributed by atoms with Gasteiger partial charge in [-0.15, -0.1) is 0 Å². The summed E-state index contributed by atoms with van der Waals surface area (Å²) in [7, 11) is 0. The van der Waals surface area contributed by atoms with Gasteiger partial charge in [0, 0.05) is 24.4 Å². The molecule has 0 spiro atoms. The topological polar surface area (TPSA) is 46.4 Å². The zero-order chi connectivity index (χ0) is 14.9. The molecule has 1 saturated heterocycles. The first-order chi connectivity index (χ1) is 10.3. The van der Waals surface area contributed by atoms with Crippen LogP contribution in [0.5, 0.6) is 0 Å². The lowest BCUT2D eigenvalue weighted by molar-refractivity contribution is -0.518. The normalized spacial score (nSPS) is 17.8. The number of nitro groups is 1. The van der Waals surface area contributed by atoms with Gasteiger partial charge in [0.25, 0.3) is 0 Å². The first kappa shape index (κ1) is 15.2. The van der Waals surface area contributed by atoms with Gasteiger partial charge in [0.15, 0.2) is 0 Å². The van der Waals surface area contributed by atoms with Crippen molar-refractivity contribution in [3.05, 3.63) is 82.4 Å². The highest BCUT2D eigenvalue weighted by Gasteiger charge is 2.30. The Hall–Kier alpha value is -2.20. The number of nitrogens with zero attached hydrogens (tertiary/aromatic N) is 2. The van der Waals surface area contributed by atoms with E-state index in [0.29, 0.717) is 13.0 Å². The molecule has 110 valence electrons. The lowest BCUT2D eigenvalue weighted by Gasteiger charge is -2.13. The fourth-order valence-electron chi connectivity index (χ4n) is 2.35. The summed E-state index contributed by atoms with van der Waals surface area (Å²) < 4.78 is 0. The molecule has 1 atom stereocenters. The van der Waals surface area contributed by atoms with Crippen LogP contribution in [0, 0.1) is 10.1 Å². The Bertz CT molecular complexity index is 504. The predicted molar refractivity (Wildman–Crippen MR) is 83.6 cm³/mol. The molecule has 0 N–H and O–H groups in total. The van der Waals surface area contributed by atoms with E-state index in [4.69, 9.17) is 0 Å².